The van der Waals surface area contributed by atoms with Crippen molar-refractivity contribution in [1.29, 1.82) is 0 Å². The van der Waals surface area contributed by atoms with E-state index in [2.05, 4.69) is 89.4 Å². The number of allylic oxidation sites excluding steroid dienone is 2. The fourth-order valence-electron chi connectivity index (χ4n) is 6.98. The molecule has 6 nitrogen and oxygen atoms in total. The Kier molecular flexibility index (Phi) is 15.8. The highest BCUT2D eigenvalue weighted by atomic mass is 28.4. The molecule has 0 N–H and O–H groups in total. The lowest BCUT2D eigenvalue weighted by Gasteiger charge is -2.45. The topological polar surface area (TPSA) is 71.1 Å². The van der Waals surface area contributed by atoms with Crippen LogP contribution in [0.3, 0.4) is 0 Å². The first-order chi connectivity index (χ1) is 24.2. The van der Waals surface area contributed by atoms with Crippen LogP contribution >= 0.6 is 0 Å². The van der Waals surface area contributed by atoms with Gasteiger partial charge in [0.05, 0.1) is 36.8 Å². The van der Waals surface area contributed by atoms with E-state index in [1.165, 1.54) is 16.4 Å². The van der Waals surface area contributed by atoms with Gasteiger partial charge in [0.25, 0.3) is 8.32 Å². The van der Waals surface area contributed by atoms with Crippen LogP contribution < -0.4 is 10.4 Å². The third kappa shape index (κ3) is 11.2. The maximum atomic E-state index is 14.1. The number of ketones is 1. The van der Waals surface area contributed by atoms with Crippen molar-refractivity contribution >= 4 is 30.4 Å². The second-order valence-corrected chi connectivity index (χ2v) is 19.7. The molecule has 0 radical (unpaired) electrons. The Morgan fingerprint density at radius 3 is 1.80 bits per heavy atom. The van der Waals surface area contributed by atoms with Crippen molar-refractivity contribution < 1.29 is 28.2 Å². The van der Waals surface area contributed by atoms with Gasteiger partial charge in [0.1, 0.15) is 0 Å². The molecular formula is C44H60O6Si. The summed E-state index contributed by atoms with van der Waals surface area (Å²) in [5, 5.41) is 2.19. The third-order valence-electron chi connectivity index (χ3n) is 9.49. The van der Waals surface area contributed by atoms with E-state index in [4.69, 9.17) is 18.6 Å². The van der Waals surface area contributed by atoms with Gasteiger partial charge in [0, 0.05) is 19.6 Å². The highest BCUT2D eigenvalue weighted by Gasteiger charge is 2.51. The predicted molar refractivity (Wildman–Crippen MR) is 211 cm³/mol. The van der Waals surface area contributed by atoms with Crippen LogP contribution in [0.1, 0.15) is 73.3 Å². The lowest BCUT2D eigenvalue weighted by Crippen LogP contribution is -2.67. The summed E-state index contributed by atoms with van der Waals surface area (Å²) in [6.07, 6.45) is 3.29. The van der Waals surface area contributed by atoms with E-state index in [1.54, 1.807) is 7.11 Å². The number of methoxy groups -OCH3 is 1. The second-order valence-electron chi connectivity index (χ2n) is 15.5. The molecule has 0 saturated carbocycles. The first-order valence-corrected chi connectivity index (χ1v) is 20.0. The molecule has 0 fully saturated rings. The fraction of sp³-hybridized carbons (Fsp3) is 0.455. The molecule has 3 rings (SSSR count). The summed E-state index contributed by atoms with van der Waals surface area (Å²) in [5.74, 6) is -1.27. The Bertz CT molecular complexity index is 1470. The maximum absolute atomic E-state index is 14.1. The van der Waals surface area contributed by atoms with Gasteiger partial charge in [-0.15, -0.1) is 6.58 Å². The van der Waals surface area contributed by atoms with Crippen molar-refractivity contribution in [2.45, 2.75) is 97.7 Å². The first kappa shape index (κ1) is 41.8. The summed E-state index contributed by atoms with van der Waals surface area (Å²) in [5.41, 5.74) is 0.341. The van der Waals surface area contributed by atoms with Gasteiger partial charge >= 0.3 is 5.97 Å². The molecule has 51 heavy (non-hydrogen) atoms. The van der Waals surface area contributed by atoms with E-state index in [1.807, 2.05) is 69.3 Å². The SMILES string of the molecule is C=CC[C@@H](C[C@H](C)O[Si](c1ccccc1)(c1ccccc1)C(C)(C)C)[C@@H](C(=O)C=C)[C@@H](OCc1ccccc1)[C@@H](CCOC(=O)C(C)(C)C)OC. The van der Waals surface area contributed by atoms with Gasteiger partial charge < -0.3 is 18.6 Å². The van der Waals surface area contributed by atoms with Crippen LogP contribution in [0.15, 0.2) is 116 Å². The Hall–Kier alpha value is -3.62. The van der Waals surface area contributed by atoms with Gasteiger partial charge in [-0.25, -0.2) is 0 Å². The molecule has 0 heterocycles. The van der Waals surface area contributed by atoms with Gasteiger partial charge in [-0.3, -0.25) is 9.59 Å². The maximum Gasteiger partial charge on any atom is 0.311 e. The summed E-state index contributed by atoms with van der Waals surface area (Å²) < 4.78 is 25.9. The number of hydrogen-bond acceptors (Lipinski definition) is 6. The molecule has 3 aromatic carbocycles. The van der Waals surface area contributed by atoms with E-state index in [0.29, 0.717) is 19.3 Å². The molecule has 7 heteroatoms. The molecule has 0 bridgehead atoms. The number of hydrogen-bond donors (Lipinski definition) is 0. The van der Waals surface area contributed by atoms with Crippen molar-refractivity contribution in [2.75, 3.05) is 13.7 Å². The molecule has 0 amide bonds. The molecule has 3 aromatic rings. The molecule has 0 aromatic heterocycles. The minimum atomic E-state index is -2.87. The number of ether oxygens (including phenoxy) is 3. The zero-order valence-electron chi connectivity index (χ0n) is 32.1. The molecule has 0 saturated heterocycles. The average Bonchev–Trinajstić information content (AvgIpc) is 3.11. The van der Waals surface area contributed by atoms with Crippen LogP contribution in [-0.2, 0) is 34.8 Å². The summed E-state index contributed by atoms with van der Waals surface area (Å²) in [6.45, 7) is 22.8. The highest BCUT2D eigenvalue weighted by molar-refractivity contribution is 6.99. The molecule has 0 aliphatic carbocycles. The first-order valence-electron chi connectivity index (χ1n) is 18.1. The van der Waals surface area contributed by atoms with Crippen molar-refractivity contribution in [3.8, 4) is 0 Å². The van der Waals surface area contributed by atoms with Crippen LogP contribution in [0.5, 0.6) is 0 Å². The standard InChI is InChI=1S/C44H60O6Si/c1-11-22-35(31-33(3)50-51(44(7,8)9,36-25-18-14-19-26-36)37-27-20-15-21-28-37)40(38(45)12-2)41(49-32-34-23-16-13-17-24-34)39(47-10)29-30-48-42(46)43(4,5)6/h11-21,23-28,33,35,39-41H,1-2,22,29-32H2,3-10H3/t33-,35-,39+,40-,41-/m0/s1. The van der Waals surface area contributed by atoms with Crippen LogP contribution in [-0.4, -0.2) is 52.1 Å². The lowest BCUT2D eigenvalue weighted by molar-refractivity contribution is -0.157. The van der Waals surface area contributed by atoms with Gasteiger partial charge in [0.2, 0.25) is 0 Å². The zero-order chi connectivity index (χ0) is 37.7. The van der Waals surface area contributed by atoms with Crippen molar-refractivity contribution in [3.05, 3.63) is 122 Å². The summed E-state index contributed by atoms with van der Waals surface area (Å²) >= 11 is 0. The Labute approximate surface area is 308 Å². The average molecular weight is 713 g/mol. The van der Waals surface area contributed by atoms with Crippen molar-refractivity contribution in [3.63, 3.8) is 0 Å². The number of carbonyl (C=O) groups excluding carboxylic acids is 2. The second kappa shape index (κ2) is 19.3. The highest BCUT2D eigenvalue weighted by Crippen LogP contribution is 2.39. The van der Waals surface area contributed by atoms with Gasteiger partial charge in [-0.2, -0.15) is 0 Å². The summed E-state index contributed by atoms with van der Waals surface area (Å²) in [6, 6.07) is 31.0. The molecule has 276 valence electrons. The summed E-state index contributed by atoms with van der Waals surface area (Å²) in [7, 11) is -1.25. The molecule has 0 unspecified atom stereocenters. The minimum absolute atomic E-state index is 0.133. The zero-order valence-corrected chi connectivity index (χ0v) is 33.1. The van der Waals surface area contributed by atoms with E-state index in [0.717, 1.165) is 5.56 Å². The van der Waals surface area contributed by atoms with Crippen LogP contribution in [0.2, 0.25) is 5.04 Å². The summed E-state index contributed by atoms with van der Waals surface area (Å²) in [4.78, 5) is 26.7. The molecule has 0 aliphatic rings. The number of esters is 1. The van der Waals surface area contributed by atoms with E-state index in [-0.39, 0.29) is 42.0 Å². The van der Waals surface area contributed by atoms with Crippen LogP contribution in [0.25, 0.3) is 0 Å². The normalized spacial score (nSPS) is 15.2. The third-order valence-corrected chi connectivity index (χ3v) is 14.7. The van der Waals surface area contributed by atoms with Gasteiger partial charge in [-0.05, 0) is 73.5 Å². The smallest absolute Gasteiger partial charge is 0.311 e. The molecule has 0 spiro atoms. The van der Waals surface area contributed by atoms with Crippen molar-refractivity contribution in [1.82, 2.24) is 0 Å². The van der Waals surface area contributed by atoms with Gasteiger partial charge in [0.15, 0.2) is 5.78 Å². The Morgan fingerprint density at radius 1 is 0.824 bits per heavy atom. The number of carbonyl (C=O) groups is 2. The number of benzene rings is 3. The number of rotatable bonds is 20. The van der Waals surface area contributed by atoms with E-state index < -0.39 is 31.9 Å². The molecule has 5 atom stereocenters. The largest absolute Gasteiger partial charge is 0.465 e. The van der Waals surface area contributed by atoms with Crippen LogP contribution in [0.4, 0.5) is 0 Å². The Balaban J connectivity index is 2.05. The van der Waals surface area contributed by atoms with E-state index >= 15 is 0 Å². The van der Waals surface area contributed by atoms with Crippen molar-refractivity contribution in [2.24, 2.45) is 17.3 Å². The monoisotopic (exact) mass is 712 g/mol. The van der Waals surface area contributed by atoms with Crippen LogP contribution in [0, 0.1) is 17.3 Å². The van der Waals surface area contributed by atoms with Gasteiger partial charge in [-0.1, -0.05) is 124 Å². The van der Waals surface area contributed by atoms with E-state index in [9.17, 15) is 9.59 Å². The molecular weight excluding hydrogens is 653 g/mol. The Morgan fingerprint density at radius 2 is 1.35 bits per heavy atom. The minimum Gasteiger partial charge on any atom is -0.465 e. The quantitative estimate of drug-likeness (QED) is 0.0507. The fourth-order valence-corrected chi connectivity index (χ4v) is 11.7. The predicted octanol–water partition coefficient (Wildman–Crippen LogP) is 8.49. The lowest BCUT2D eigenvalue weighted by atomic mass is 9.77. The molecule has 0 aliphatic heterocycles.